The zero-order valence-corrected chi connectivity index (χ0v) is 10.8. The number of hydrogen-bond acceptors (Lipinski definition) is 2. The van der Waals surface area contributed by atoms with E-state index in [1.165, 1.54) is 5.56 Å². The quantitative estimate of drug-likeness (QED) is 0.845. The van der Waals surface area contributed by atoms with Crippen LogP contribution in [0.3, 0.4) is 0 Å². The van der Waals surface area contributed by atoms with Crippen LogP contribution in [-0.4, -0.2) is 17.0 Å². The van der Waals surface area contributed by atoms with Gasteiger partial charge in [-0.05, 0) is 18.4 Å². The zero-order valence-electron chi connectivity index (χ0n) is 10.8. The van der Waals surface area contributed by atoms with Crippen LogP contribution in [-0.2, 0) is 0 Å². The van der Waals surface area contributed by atoms with Crippen LogP contribution in [0.4, 0.5) is 5.95 Å². The Hall–Kier alpha value is -1.77. The molecule has 3 nitrogen and oxygen atoms in total. The lowest BCUT2D eigenvalue weighted by atomic mass is 10.0. The number of H-pyrrole nitrogens is 1. The molecule has 1 heterocycles. The second-order valence-corrected chi connectivity index (χ2v) is 4.59. The van der Waals surface area contributed by atoms with Crippen molar-refractivity contribution in [2.45, 2.75) is 26.7 Å². The summed E-state index contributed by atoms with van der Waals surface area (Å²) in [6.07, 6.45) is 0. The number of anilines is 1. The molecule has 17 heavy (non-hydrogen) atoms. The van der Waals surface area contributed by atoms with Crippen LogP contribution in [0.15, 0.2) is 24.3 Å². The van der Waals surface area contributed by atoms with Crippen molar-refractivity contribution >= 4 is 5.95 Å². The number of aryl methyl sites for hydroxylation is 1. The van der Waals surface area contributed by atoms with Crippen molar-refractivity contribution in [2.75, 3.05) is 12.4 Å². The van der Waals surface area contributed by atoms with E-state index in [-0.39, 0.29) is 0 Å². The van der Waals surface area contributed by atoms with Gasteiger partial charge in [-0.15, -0.1) is 0 Å². The van der Waals surface area contributed by atoms with Crippen LogP contribution < -0.4 is 5.32 Å². The van der Waals surface area contributed by atoms with Crippen molar-refractivity contribution in [3.05, 3.63) is 35.5 Å². The highest BCUT2D eigenvalue weighted by molar-refractivity contribution is 5.64. The maximum atomic E-state index is 4.51. The lowest BCUT2D eigenvalue weighted by molar-refractivity contribution is 0.867. The number of imidazole rings is 1. The molecule has 0 saturated carbocycles. The van der Waals surface area contributed by atoms with E-state index in [0.717, 1.165) is 22.9 Å². The molecule has 0 bridgehead atoms. The molecule has 1 aromatic carbocycles. The first-order chi connectivity index (χ1) is 8.11. The topological polar surface area (TPSA) is 40.7 Å². The predicted molar refractivity (Wildman–Crippen MR) is 72.4 cm³/mol. The first-order valence-corrected chi connectivity index (χ1v) is 5.96. The Morgan fingerprint density at radius 3 is 2.29 bits per heavy atom. The van der Waals surface area contributed by atoms with Crippen molar-refractivity contribution in [2.24, 2.45) is 0 Å². The Labute approximate surface area is 102 Å². The Morgan fingerprint density at radius 2 is 1.82 bits per heavy atom. The fourth-order valence-corrected chi connectivity index (χ4v) is 1.89. The Kier molecular flexibility index (Phi) is 3.18. The van der Waals surface area contributed by atoms with Crippen LogP contribution in [0.25, 0.3) is 11.3 Å². The van der Waals surface area contributed by atoms with Gasteiger partial charge in [-0.25, -0.2) is 4.98 Å². The predicted octanol–water partition coefficient (Wildman–Crippen LogP) is 3.55. The average molecular weight is 229 g/mol. The van der Waals surface area contributed by atoms with Gasteiger partial charge in [0.25, 0.3) is 0 Å². The first kappa shape index (κ1) is 11.7. The molecule has 0 aliphatic heterocycles. The second kappa shape index (κ2) is 4.62. The van der Waals surface area contributed by atoms with E-state index >= 15 is 0 Å². The minimum Gasteiger partial charge on any atom is -0.359 e. The number of rotatable bonds is 3. The third kappa shape index (κ3) is 2.33. The van der Waals surface area contributed by atoms with Crippen LogP contribution in [0.5, 0.6) is 0 Å². The van der Waals surface area contributed by atoms with Gasteiger partial charge in [-0.2, -0.15) is 0 Å². The van der Waals surface area contributed by atoms with E-state index in [2.05, 4.69) is 53.4 Å². The molecule has 0 amide bonds. The molecule has 0 atom stereocenters. The van der Waals surface area contributed by atoms with Crippen LogP contribution in [0.2, 0.25) is 0 Å². The molecule has 0 saturated heterocycles. The monoisotopic (exact) mass is 229 g/mol. The van der Waals surface area contributed by atoms with Gasteiger partial charge >= 0.3 is 0 Å². The summed E-state index contributed by atoms with van der Waals surface area (Å²) in [5.41, 5.74) is 4.62. The molecule has 2 aromatic rings. The molecule has 1 aromatic heterocycles. The Bertz CT molecular complexity index is 495. The Morgan fingerprint density at radius 1 is 1.18 bits per heavy atom. The fraction of sp³-hybridized carbons (Fsp3) is 0.357. The maximum Gasteiger partial charge on any atom is 0.200 e. The summed E-state index contributed by atoms with van der Waals surface area (Å²) in [6.45, 7) is 6.45. The fourth-order valence-electron chi connectivity index (χ4n) is 1.89. The van der Waals surface area contributed by atoms with E-state index in [0.29, 0.717) is 5.92 Å². The van der Waals surface area contributed by atoms with Gasteiger partial charge in [0.1, 0.15) is 0 Å². The van der Waals surface area contributed by atoms with Gasteiger partial charge in [-0.3, -0.25) is 0 Å². The molecule has 3 heteroatoms. The van der Waals surface area contributed by atoms with Crippen LogP contribution >= 0.6 is 0 Å². The van der Waals surface area contributed by atoms with Crippen LogP contribution in [0.1, 0.15) is 31.0 Å². The van der Waals surface area contributed by atoms with Crippen molar-refractivity contribution in [3.63, 3.8) is 0 Å². The van der Waals surface area contributed by atoms with Crippen molar-refractivity contribution in [3.8, 4) is 11.3 Å². The van der Waals surface area contributed by atoms with Gasteiger partial charge in [0.15, 0.2) is 0 Å². The third-order valence-electron chi connectivity index (χ3n) is 2.97. The lowest BCUT2D eigenvalue weighted by Crippen LogP contribution is -1.89. The number of aromatic amines is 1. The van der Waals surface area contributed by atoms with Crippen molar-refractivity contribution in [1.82, 2.24) is 9.97 Å². The average Bonchev–Trinajstić information content (AvgIpc) is 2.71. The van der Waals surface area contributed by atoms with Crippen molar-refractivity contribution in [1.29, 1.82) is 0 Å². The standard InChI is InChI=1S/C14H19N3/c1-9(2)11-5-7-12(8-6-11)13-10(3)16-14(15-4)17-13/h5-9H,1-4H3,(H2,15,16,17). The molecule has 0 spiro atoms. The smallest absolute Gasteiger partial charge is 0.200 e. The molecular weight excluding hydrogens is 210 g/mol. The maximum absolute atomic E-state index is 4.51. The SMILES string of the molecule is CNc1nc(-c2ccc(C(C)C)cc2)c(C)[nH]1. The molecule has 0 aliphatic carbocycles. The van der Waals surface area contributed by atoms with Gasteiger partial charge in [0.05, 0.1) is 5.69 Å². The molecular formula is C14H19N3. The largest absolute Gasteiger partial charge is 0.359 e. The van der Waals surface area contributed by atoms with E-state index in [1.54, 1.807) is 0 Å². The highest BCUT2D eigenvalue weighted by atomic mass is 15.1. The van der Waals surface area contributed by atoms with Gasteiger partial charge in [0, 0.05) is 18.3 Å². The zero-order chi connectivity index (χ0) is 12.4. The molecule has 2 N–H and O–H groups in total. The van der Waals surface area contributed by atoms with E-state index in [4.69, 9.17) is 0 Å². The summed E-state index contributed by atoms with van der Waals surface area (Å²) in [5, 5.41) is 3.02. The number of nitrogens with one attached hydrogen (secondary N) is 2. The molecule has 0 radical (unpaired) electrons. The second-order valence-electron chi connectivity index (χ2n) is 4.59. The summed E-state index contributed by atoms with van der Waals surface area (Å²) in [4.78, 5) is 7.71. The summed E-state index contributed by atoms with van der Waals surface area (Å²) in [6, 6.07) is 8.62. The highest BCUT2D eigenvalue weighted by Crippen LogP contribution is 2.24. The third-order valence-corrected chi connectivity index (χ3v) is 2.97. The highest BCUT2D eigenvalue weighted by Gasteiger charge is 2.08. The summed E-state index contributed by atoms with van der Waals surface area (Å²) >= 11 is 0. The van der Waals surface area contributed by atoms with Gasteiger partial charge < -0.3 is 10.3 Å². The molecule has 2 rings (SSSR count). The number of hydrogen-bond donors (Lipinski definition) is 2. The molecule has 0 aliphatic rings. The van der Waals surface area contributed by atoms with Crippen LogP contribution in [0, 0.1) is 6.92 Å². The molecule has 0 fully saturated rings. The molecule has 90 valence electrons. The minimum atomic E-state index is 0.567. The normalized spacial score (nSPS) is 10.9. The first-order valence-electron chi connectivity index (χ1n) is 5.96. The molecule has 0 unspecified atom stereocenters. The van der Waals surface area contributed by atoms with E-state index in [9.17, 15) is 0 Å². The number of benzene rings is 1. The summed E-state index contributed by atoms with van der Waals surface area (Å²) in [5.74, 6) is 1.38. The van der Waals surface area contributed by atoms with E-state index in [1.807, 2.05) is 14.0 Å². The lowest BCUT2D eigenvalue weighted by Gasteiger charge is -2.05. The number of aromatic nitrogens is 2. The Balaban J connectivity index is 2.36. The van der Waals surface area contributed by atoms with Gasteiger partial charge in [-0.1, -0.05) is 38.1 Å². The number of nitrogens with zero attached hydrogens (tertiary/aromatic N) is 1. The summed E-state index contributed by atoms with van der Waals surface area (Å²) < 4.78 is 0. The minimum absolute atomic E-state index is 0.567. The van der Waals surface area contributed by atoms with Crippen molar-refractivity contribution < 1.29 is 0 Å². The summed E-state index contributed by atoms with van der Waals surface area (Å²) in [7, 11) is 1.86. The van der Waals surface area contributed by atoms with E-state index < -0.39 is 0 Å². The van der Waals surface area contributed by atoms with Gasteiger partial charge in [0.2, 0.25) is 5.95 Å².